The van der Waals surface area contributed by atoms with E-state index in [1.165, 1.54) is 0 Å². The maximum Gasteiger partial charge on any atom is 0.460 e. The van der Waals surface area contributed by atoms with Gasteiger partial charge in [-0.1, -0.05) is 0 Å². The molecule has 27 heavy (non-hydrogen) atoms. The van der Waals surface area contributed by atoms with E-state index in [9.17, 15) is 61.9 Å². The summed E-state index contributed by atoms with van der Waals surface area (Å²) in [6.45, 7) is 0. The third-order valence-corrected chi connectivity index (χ3v) is 2.84. The minimum absolute atomic E-state index is 0.0718. The zero-order valence-corrected chi connectivity index (χ0v) is 11.9. The molecule has 0 bridgehead atoms. The largest absolute Gasteiger partial charge is 0.460 e. The molecule has 3 nitrogen and oxygen atoms in total. The van der Waals surface area contributed by atoms with Crippen LogP contribution in [0.2, 0.25) is 0 Å². The number of hydrogen-bond donors (Lipinski definition) is 1. The summed E-state index contributed by atoms with van der Waals surface area (Å²) in [5, 5.41) is 0.584. The molecule has 0 saturated heterocycles. The number of carbonyl (C=O) groups excluding carboxylic acids is 1. The molecule has 0 unspecified atom stereocenters. The Kier molecular flexibility index (Phi) is 5.39. The van der Waals surface area contributed by atoms with Crippen molar-refractivity contribution < 1.29 is 61.9 Å². The van der Waals surface area contributed by atoms with Crippen molar-refractivity contribution in [3.63, 3.8) is 0 Å². The second-order valence-electron chi connectivity index (χ2n) is 4.75. The maximum atomic E-state index is 13.4. The van der Waals surface area contributed by atoms with Gasteiger partial charge in [0.2, 0.25) is 11.9 Å². The van der Waals surface area contributed by atoms with E-state index < -0.39 is 53.4 Å². The molecular formula is C11H3F13N2O. The van der Waals surface area contributed by atoms with Gasteiger partial charge >= 0.3 is 35.8 Å². The fourth-order valence-electron chi connectivity index (χ4n) is 1.46. The van der Waals surface area contributed by atoms with Crippen LogP contribution in [0.25, 0.3) is 0 Å². The predicted octanol–water partition coefficient (Wildman–Crippen LogP) is 4.40. The van der Waals surface area contributed by atoms with E-state index in [2.05, 4.69) is 4.98 Å². The van der Waals surface area contributed by atoms with Gasteiger partial charge in [-0.3, -0.25) is 4.79 Å². The van der Waals surface area contributed by atoms with Crippen LogP contribution in [0.5, 0.6) is 0 Å². The molecule has 16 heteroatoms. The molecule has 0 spiro atoms. The first-order chi connectivity index (χ1) is 11.8. The molecule has 1 aromatic heterocycles. The molecule has 1 aromatic rings. The second kappa shape index (κ2) is 6.40. The number of rotatable bonds is 5. The van der Waals surface area contributed by atoms with Crippen LogP contribution in [0.15, 0.2) is 12.1 Å². The molecule has 1 heterocycles. The Morgan fingerprint density at radius 2 is 1.15 bits per heavy atom. The van der Waals surface area contributed by atoms with E-state index >= 15 is 0 Å². The Bertz CT molecular complexity index is 707. The summed E-state index contributed by atoms with van der Waals surface area (Å²) >= 11 is 0. The third-order valence-electron chi connectivity index (χ3n) is 2.84. The van der Waals surface area contributed by atoms with Gasteiger partial charge in [0, 0.05) is 17.8 Å². The summed E-state index contributed by atoms with van der Waals surface area (Å²) < 4.78 is 165. The van der Waals surface area contributed by atoms with Crippen molar-refractivity contribution in [1.29, 1.82) is 0 Å². The smallest absolute Gasteiger partial charge is 0.320 e. The Balaban J connectivity index is 3.31. The minimum atomic E-state index is -7.78. The van der Waals surface area contributed by atoms with Crippen molar-refractivity contribution >= 4 is 11.6 Å². The van der Waals surface area contributed by atoms with Crippen LogP contribution in [-0.4, -0.2) is 40.8 Å². The zero-order chi connectivity index (χ0) is 21.6. The van der Waals surface area contributed by atoms with Gasteiger partial charge in [-0.25, -0.2) is 0 Å². The first-order valence-corrected chi connectivity index (χ1v) is 6.01. The topological polar surface area (TPSA) is 42.0 Å². The maximum absolute atomic E-state index is 13.4. The van der Waals surface area contributed by atoms with Crippen LogP contribution >= 0.6 is 0 Å². The number of halogens is 13. The standard InChI is InChI=1S/C11H3F13N2O/c12-4-1-3(2-5(13)26-4)25-6(27)7(14,15)8(16,17)9(18,19)10(20,21)11(22,23)24/h1-2H,(H,25,26,27). The van der Waals surface area contributed by atoms with E-state index in [1.54, 1.807) is 0 Å². The highest BCUT2D eigenvalue weighted by atomic mass is 19.4. The van der Waals surface area contributed by atoms with Crippen molar-refractivity contribution in [1.82, 2.24) is 4.98 Å². The van der Waals surface area contributed by atoms with E-state index in [1.807, 2.05) is 0 Å². The summed E-state index contributed by atoms with van der Waals surface area (Å²) in [7, 11) is 0. The van der Waals surface area contributed by atoms with Gasteiger partial charge in [0.1, 0.15) is 0 Å². The number of nitrogens with zero attached hydrogens (tertiary/aromatic N) is 1. The van der Waals surface area contributed by atoms with Crippen LogP contribution in [0.1, 0.15) is 0 Å². The van der Waals surface area contributed by atoms with Crippen molar-refractivity contribution in [3.8, 4) is 0 Å². The van der Waals surface area contributed by atoms with Crippen molar-refractivity contribution in [3.05, 3.63) is 24.0 Å². The minimum Gasteiger partial charge on any atom is -0.320 e. The average Bonchev–Trinajstić information content (AvgIpc) is 2.44. The first-order valence-electron chi connectivity index (χ1n) is 6.01. The second-order valence-corrected chi connectivity index (χ2v) is 4.75. The molecule has 1 N–H and O–H groups in total. The molecule has 154 valence electrons. The van der Waals surface area contributed by atoms with Gasteiger partial charge in [-0.15, -0.1) is 0 Å². The molecular weight excluding hydrogens is 423 g/mol. The Morgan fingerprint density at radius 1 is 0.741 bits per heavy atom. The number of pyridine rings is 1. The van der Waals surface area contributed by atoms with Crippen LogP contribution in [0, 0.1) is 11.9 Å². The predicted molar refractivity (Wildman–Crippen MR) is 58.6 cm³/mol. The number of aromatic nitrogens is 1. The number of alkyl halides is 11. The van der Waals surface area contributed by atoms with Crippen molar-refractivity contribution in [2.45, 2.75) is 29.9 Å². The summed E-state index contributed by atoms with van der Waals surface area (Å²) in [4.78, 5) is 13.4. The van der Waals surface area contributed by atoms with Gasteiger partial charge in [0.05, 0.1) is 0 Å². The summed E-state index contributed by atoms with van der Waals surface area (Å²) in [5.41, 5.74) is -1.40. The fraction of sp³-hybridized carbons (Fsp3) is 0.455. The molecule has 0 fully saturated rings. The van der Waals surface area contributed by atoms with Gasteiger partial charge < -0.3 is 5.32 Å². The fourth-order valence-corrected chi connectivity index (χ4v) is 1.46. The molecule has 0 aliphatic rings. The van der Waals surface area contributed by atoms with Crippen molar-refractivity contribution in [2.75, 3.05) is 5.32 Å². The van der Waals surface area contributed by atoms with E-state index in [-0.39, 0.29) is 12.1 Å². The number of hydrogen-bond acceptors (Lipinski definition) is 2. The van der Waals surface area contributed by atoms with Crippen LogP contribution < -0.4 is 5.32 Å². The molecule has 0 radical (unpaired) electrons. The highest BCUT2D eigenvalue weighted by molar-refractivity contribution is 5.97. The Labute approximate surface area is 139 Å². The van der Waals surface area contributed by atoms with E-state index in [0.717, 1.165) is 0 Å². The molecule has 0 atom stereocenters. The highest BCUT2D eigenvalue weighted by Gasteiger charge is 2.88. The van der Waals surface area contributed by atoms with Gasteiger partial charge in [-0.2, -0.15) is 62.1 Å². The lowest BCUT2D eigenvalue weighted by Crippen LogP contribution is -2.68. The summed E-state index contributed by atoms with van der Waals surface area (Å²) in [6.07, 6.45) is -7.39. The number of carbonyl (C=O) groups is 1. The van der Waals surface area contributed by atoms with Crippen LogP contribution in [-0.2, 0) is 4.79 Å². The Morgan fingerprint density at radius 3 is 1.52 bits per heavy atom. The number of nitrogens with one attached hydrogen (secondary N) is 1. The lowest BCUT2D eigenvalue weighted by Gasteiger charge is -2.36. The molecule has 1 amide bonds. The third kappa shape index (κ3) is 3.60. The summed E-state index contributed by atoms with van der Waals surface area (Å²) in [5.74, 6) is -37.1. The van der Waals surface area contributed by atoms with Crippen LogP contribution in [0.4, 0.5) is 62.8 Å². The zero-order valence-electron chi connectivity index (χ0n) is 11.9. The molecule has 0 saturated carbocycles. The monoisotopic (exact) mass is 426 g/mol. The number of anilines is 1. The molecule has 0 aromatic carbocycles. The Hall–Kier alpha value is -2.29. The van der Waals surface area contributed by atoms with Crippen molar-refractivity contribution in [2.24, 2.45) is 0 Å². The average molecular weight is 426 g/mol. The summed E-state index contributed by atoms with van der Waals surface area (Å²) in [6, 6.07) is -0.144. The lowest BCUT2D eigenvalue weighted by atomic mass is 9.97. The molecule has 1 rings (SSSR count). The number of amides is 1. The van der Waals surface area contributed by atoms with Gasteiger partial charge in [0.25, 0.3) is 0 Å². The normalized spacial score (nSPS) is 14.3. The van der Waals surface area contributed by atoms with E-state index in [0.29, 0.717) is 5.32 Å². The highest BCUT2D eigenvalue weighted by Crippen LogP contribution is 2.57. The van der Waals surface area contributed by atoms with E-state index in [4.69, 9.17) is 0 Å². The van der Waals surface area contributed by atoms with Gasteiger partial charge in [0.15, 0.2) is 0 Å². The first kappa shape index (κ1) is 22.8. The van der Waals surface area contributed by atoms with Crippen LogP contribution in [0.3, 0.4) is 0 Å². The molecule has 0 aliphatic carbocycles. The lowest BCUT2D eigenvalue weighted by molar-refractivity contribution is -0.416. The van der Waals surface area contributed by atoms with Gasteiger partial charge in [-0.05, 0) is 0 Å². The molecule has 0 aliphatic heterocycles. The quantitative estimate of drug-likeness (QED) is 0.561. The SMILES string of the molecule is O=C(Nc1cc(F)nc(F)c1)C(F)(F)C(F)(F)C(F)(F)C(F)(F)C(F)(F)F.